The van der Waals surface area contributed by atoms with Crippen molar-refractivity contribution in [1.29, 1.82) is 0 Å². The van der Waals surface area contributed by atoms with Gasteiger partial charge in [0.15, 0.2) is 0 Å². The first-order chi connectivity index (χ1) is 8.74. The van der Waals surface area contributed by atoms with Gasteiger partial charge in [0, 0.05) is 11.3 Å². The van der Waals surface area contributed by atoms with Crippen LogP contribution in [-0.4, -0.2) is 24.1 Å². The zero-order valence-corrected chi connectivity index (χ0v) is 11.6. The number of rotatable bonds is 4. The van der Waals surface area contributed by atoms with E-state index in [1.807, 2.05) is 20.8 Å². The summed E-state index contributed by atoms with van der Waals surface area (Å²) in [4.78, 5) is 21.9. The molecule has 0 saturated heterocycles. The van der Waals surface area contributed by atoms with Crippen LogP contribution < -0.4 is 10.1 Å². The van der Waals surface area contributed by atoms with Crippen LogP contribution in [0.4, 0.5) is 5.69 Å². The number of amides is 1. The van der Waals surface area contributed by atoms with Crippen LogP contribution in [-0.2, 0) is 15.0 Å². The van der Waals surface area contributed by atoms with Gasteiger partial charge in [-0.3, -0.25) is 9.59 Å². The lowest BCUT2D eigenvalue weighted by Crippen LogP contribution is -2.17. The number of carbonyl (C=O) groups excluding carboxylic acids is 1. The van der Waals surface area contributed by atoms with Crippen molar-refractivity contribution >= 4 is 17.6 Å². The summed E-state index contributed by atoms with van der Waals surface area (Å²) in [6.45, 7) is 6.11. The second-order valence-corrected chi connectivity index (χ2v) is 5.28. The molecule has 0 aliphatic heterocycles. The van der Waals surface area contributed by atoms with Gasteiger partial charge in [0.05, 0.1) is 7.11 Å². The summed E-state index contributed by atoms with van der Waals surface area (Å²) in [7, 11) is 1.59. The molecule has 0 atom stereocenters. The molecule has 0 aromatic heterocycles. The fourth-order valence-corrected chi connectivity index (χ4v) is 1.71. The van der Waals surface area contributed by atoms with Crippen LogP contribution in [0, 0.1) is 0 Å². The maximum atomic E-state index is 11.4. The largest absolute Gasteiger partial charge is 0.496 e. The van der Waals surface area contributed by atoms with Gasteiger partial charge in [-0.2, -0.15) is 0 Å². The Labute approximate surface area is 112 Å². The normalized spacial score (nSPS) is 10.9. The SMILES string of the molecule is COc1ccc(NC(=O)CC(=O)O)cc1C(C)(C)C. The Morgan fingerprint density at radius 2 is 1.95 bits per heavy atom. The standard InChI is InChI=1S/C14H19NO4/c1-14(2,3)10-7-9(5-6-11(10)19-4)15-12(16)8-13(17)18/h5-7H,8H2,1-4H3,(H,15,16)(H,17,18). The molecule has 0 saturated carbocycles. The van der Waals surface area contributed by atoms with E-state index in [0.29, 0.717) is 5.69 Å². The van der Waals surface area contributed by atoms with Gasteiger partial charge in [0.2, 0.25) is 5.91 Å². The van der Waals surface area contributed by atoms with Crippen LogP contribution in [0.25, 0.3) is 0 Å². The molecular formula is C14H19NO4. The Morgan fingerprint density at radius 3 is 2.42 bits per heavy atom. The van der Waals surface area contributed by atoms with E-state index in [4.69, 9.17) is 9.84 Å². The van der Waals surface area contributed by atoms with Gasteiger partial charge in [-0.1, -0.05) is 20.8 Å². The number of nitrogens with one attached hydrogen (secondary N) is 1. The zero-order chi connectivity index (χ0) is 14.6. The summed E-state index contributed by atoms with van der Waals surface area (Å²) >= 11 is 0. The van der Waals surface area contributed by atoms with Crippen molar-refractivity contribution in [2.45, 2.75) is 32.6 Å². The smallest absolute Gasteiger partial charge is 0.312 e. The topological polar surface area (TPSA) is 75.6 Å². The minimum Gasteiger partial charge on any atom is -0.496 e. The molecule has 0 aliphatic rings. The monoisotopic (exact) mass is 265 g/mol. The third-order valence-corrected chi connectivity index (χ3v) is 2.60. The number of aliphatic carboxylic acids is 1. The van der Waals surface area contributed by atoms with E-state index in [-0.39, 0.29) is 5.41 Å². The minimum atomic E-state index is -1.15. The molecule has 1 aromatic carbocycles. The number of ether oxygens (including phenoxy) is 1. The van der Waals surface area contributed by atoms with Gasteiger partial charge in [-0.15, -0.1) is 0 Å². The lowest BCUT2D eigenvalue weighted by atomic mass is 9.86. The number of carboxylic acid groups (broad SMARTS) is 1. The van der Waals surface area contributed by atoms with E-state index in [0.717, 1.165) is 11.3 Å². The number of benzene rings is 1. The second kappa shape index (κ2) is 5.73. The average Bonchev–Trinajstić information content (AvgIpc) is 2.26. The van der Waals surface area contributed by atoms with Crippen molar-refractivity contribution in [1.82, 2.24) is 0 Å². The van der Waals surface area contributed by atoms with Crippen molar-refractivity contribution in [3.8, 4) is 5.75 Å². The highest BCUT2D eigenvalue weighted by Crippen LogP contribution is 2.33. The molecule has 0 heterocycles. The molecule has 0 radical (unpaired) electrons. The fraction of sp³-hybridized carbons (Fsp3) is 0.429. The van der Waals surface area contributed by atoms with Crippen molar-refractivity contribution < 1.29 is 19.4 Å². The maximum Gasteiger partial charge on any atom is 0.312 e. The molecule has 0 spiro atoms. The Hall–Kier alpha value is -2.04. The van der Waals surface area contributed by atoms with Gasteiger partial charge in [-0.25, -0.2) is 0 Å². The third-order valence-electron chi connectivity index (χ3n) is 2.60. The summed E-state index contributed by atoms with van der Waals surface area (Å²) in [6.07, 6.45) is -0.545. The summed E-state index contributed by atoms with van der Waals surface area (Å²) in [5.41, 5.74) is 1.37. The summed E-state index contributed by atoms with van der Waals surface area (Å²) in [5, 5.41) is 11.1. The van der Waals surface area contributed by atoms with E-state index in [1.165, 1.54) is 0 Å². The first-order valence-electron chi connectivity index (χ1n) is 5.94. The van der Waals surface area contributed by atoms with Gasteiger partial charge in [0.25, 0.3) is 0 Å². The average molecular weight is 265 g/mol. The third kappa shape index (κ3) is 4.28. The molecule has 1 amide bonds. The molecular weight excluding hydrogens is 246 g/mol. The summed E-state index contributed by atoms with van der Waals surface area (Å²) in [5.74, 6) is -0.955. The number of methoxy groups -OCH3 is 1. The number of carboxylic acids is 1. The highest BCUT2D eigenvalue weighted by Gasteiger charge is 2.19. The zero-order valence-electron chi connectivity index (χ0n) is 11.6. The predicted octanol–water partition coefficient (Wildman–Crippen LogP) is 2.41. The van der Waals surface area contributed by atoms with Crippen molar-refractivity contribution in [2.75, 3.05) is 12.4 Å². The molecule has 104 valence electrons. The number of hydrogen-bond acceptors (Lipinski definition) is 3. The van der Waals surface area contributed by atoms with Crippen LogP contribution in [0.1, 0.15) is 32.8 Å². The molecule has 1 aromatic rings. The van der Waals surface area contributed by atoms with E-state index >= 15 is 0 Å². The maximum absolute atomic E-state index is 11.4. The Balaban J connectivity index is 2.99. The number of hydrogen-bond donors (Lipinski definition) is 2. The number of carbonyl (C=O) groups is 2. The van der Waals surface area contributed by atoms with Crippen molar-refractivity contribution in [2.24, 2.45) is 0 Å². The molecule has 5 nitrogen and oxygen atoms in total. The Kier molecular flexibility index (Phi) is 4.53. The Morgan fingerprint density at radius 1 is 1.32 bits per heavy atom. The van der Waals surface area contributed by atoms with Gasteiger partial charge in [0.1, 0.15) is 12.2 Å². The minimum absolute atomic E-state index is 0.140. The van der Waals surface area contributed by atoms with Crippen LogP contribution in [0.2, 0.25) is 0 Å². The fourth-order valence-electron chi connectivity index (χ4n) is 1.71. The first-order valence-corrected chi connectivity index (χ1v) is 5.94. The Bertz CT molecular complexity index is 489. The molecule has 2 N–H and O–H groups in total. The molecule has 0 bridgehead atoms. The van der Waals surface area contributed by atoms with E-state index in [9.17, 15) is 9.59 Å². The van der Waals surface area contributed by atoms with Crippen LogP contribution >= 0.6 is 0 Å². The molecule has 5 heteroatoms. The highest BCUT2D eigenvalue weighted by molar-refractivity contribution is 6.01. The van der Waals surface area contributed by atoms with Crippen LogP contribution in [0.15, 0.2) is 18.2 Å². The molecule has 0 aliphatic carbocycles. The molecule has 0 fully saturated rings. The van der Waals surface area contributed by atoms with Gasteiger partial charge >= 0.3 is 5.97 Å². The second-order valence-electron chi connectivity index (χ2n) is 5.28. The van der Waals surface area contributed by atoms with E-state index < -0.39 is 18.3 Å². The van der Waals surface area contributed by atoms with E-state index in [2.05, 4.69) is 5.32 Å². The van der Waals surface area contributed by atoms with Gasteiger partial charge in [-0.05, 0) is 23.6 Å². The van der Waals surface area contributed by atoms with Crippen LogP contribution in [0.3, 0.4) is 0 Å². The lowest BCUT2D eigenvalue weighted by molar-refractivity contribution is -0.139. The predicted molar refractivity (Wildman–Crippen MR) is 72.6 cm³/mol. The molecule has 19 heavy (non-hydrogen) atoms. The van der Waals surface area contributed by atoms with E-state index in [1.54, 1.807) is 25.3 Å². The summed E-state index contributed by atoms with van der Waals surface area (Å²) < 4.78 is 5.29. The summed E-state index contributed by atoms with van der Waals surface area (Å²) in [6, 6.07) is 5.25. The first kappa shape index (κ1) is 15.0. The van der Waals surface area contributed by atoms with Crippen molar-refractivity contribution in [3.05, 3.63) is 23.8 Å². The lowest BCUT2D eigenvalue weighted by Gasteiger charge is -2.23. The number of anilines is 1. The highest BCUT2D eigenvalue weighted by atomic mass is 16.5. The van der Waals surface area contributed by atoms with Gasteiger partial charge < -0.3 is 15.2 Å². The van der Waals surface area contributed by atoms with Crippen molar-refractivity contribution in [3.63, 3.8) is 0 Å². The molecule has 1 rings (SSSR count). The quantitative estimate of drug-likeness (QED) is 0.820. The van der Waals surface area contributed by atoms with Crippen LogP contribution in [0.5, 0.6) is 5.75 Å². The molecule has 0 unspecified atom stereocenters.